The molecule has 1 aliphatic rings. The SMILES string of the molecule is COc1cc(C)c(C=C2N=C(c3ccc(Cl)c([N+](=O)[O-])c3)OC2=O)cc1C(C)C. The minimum absolute atomic E-state index is 0.00346. The number of methoxy groups -OCH3 is 1. The van der Waals surface area contributed by atoms with E-state index in [1.54, 1.807) is 13.2 Å². The number of carbonyl (C=O) groups is 1. The van der Waals surface area contributed by atoms with Crippen LogP contribution in [0.4, 0.5) is 5.69 Å². The van der Waals surface area contributed by atoms with Crippen LogP contribution in [0.2, 0.25) is 5.02 Å². The van der Waals surface area contributed by atoms with Crippen molar-refractivity contribution in [1.29, 1.82) is 0 Å². The summed E-state index contributed by atoms with van der Waals surface area (Å²) in [5.41, 5.74) is 2.86. The summed E-state index contributed by atoms with van der Waals surface area (Å²) in [4.78, 5) is 27.0. The topological polar surface area (TPSA) is 91.0 Å². The molecule has 29 heavy (non-hydrogen) atoms. The Kier molecular flexibility index (Phi) is 5.70. The van der Waals surface area contributed by atoms with E-state index >= 15 is 0 Å². The molecule has 0 N–H and O–H groups in total. The second-order valence-electron chi connectivity index (χ2n) is 6.86. The largest absolute Gasteiger partial charge is 0.496 e. The highest BCUT2D eigenvalue weighted by Gasteiger charge is 2.26. The molecule has 1 heterocycles. The van der Waals surface area contributed by atoms with E-state index in [2.05, 4.69) is 18.8 Å². The number of rotatable bonds is 5. The Labute approximate surface area is 172 Å². The molecule has 7 nitrogen and oxygen atoms in total. The minimum Gasteiger partial charge on any atom is -0.496 e. The van der Waals surface area contributed by atoms with Gasteiger partial charge in [-0.05, 0) is 59.9 Å². The number of cyclic esters (lactones) is 1. The maximum Gasteiger partial charge on any atom is 0.363 e. The van der Waals surface area contributed by atoms with Crippen molar-refractivity contribution >= 4 is 35.2 Å². The van der Waals surface area contributed by atoms with Gasteiger partial charge in [-0.2, -0.15) is 0 Å². The minimum atomic E-state index is -0.626. The van der Waals surface area contributed by atoms with Crippen molar-refractivity contribution < 1.29 is 19.2 Å². The monoisotopic (exact) mass is 414 g/mol. The molecule has 2 aromatic rings. The fraction of sp³-hybridized carbons (Fsp3) is 0.238. The molecule has 0 saturated heterocycles. The van der Waals surface area contributed by atoms with Crippen molar-refractivity contribution in [2.75, 3.05) is 7.11 Å². The summed E-state index contributed by atoms with van der Waals surface area (Å²) in [6, 6.07) is 7.98. The lowest BCUT2D eigenvalue weighted by atomic mass is 9.96. The van der Waals surface area contributed by atoms with E-state index in [0.29, 0.717) is 5.56 Å². The Morgan fingerprint density at radius 2 is 2.00 bits per heavy atom. The van der Waals surface area contributed by atoms with Crippen LogP contribution in [0.25, 0.3) is 6.08 Å². The zero-order chi connectivity index (χ0) is 21.3. The fourth-order valence-electron chi connectivity index (χ4n) is 2.96. The Morgan fingerprint density at radius 3 is 2.62 bits per heavy atom. The number of aryl methyl sites for hydroxylation is 1. The zero-order valence-corrected chi connectivity index (χ0v) is 17.1. The van der Waals surface area contributed by atoms with Crippen LogP contribution < -0.4 is 4.74 Å². The van der Waals surface area contributed by atoms with Gasteiger partial charge in [-0.15, -0.1) is 0 Å². The maximum absolute atomic E-state index is 12.3. The third-order valence-corrected chi connectivity index (χ3v) is 4.86. The third kappa shape index (κ3) is 4.14. The summed E-state index contributed by atoms with van der Waals surface area (Å²) in [5, 5.41) is 11.1. The second kappa shape index (κ2) is 8.05. The van der Waals surface area contributed by atoms with Gasteiger partial charge in [-0.1, -0.05) is 25.4 Å². The van der Waals surface area contributed by atoms with Crippen LogP contribution >= 0.6 is 11.6 Å². The molecule has 0 saturated carbocycles. The van der Waals surface area contributed by atoms with Crippen LogP contribution in [0.1, 0.15) is 42.0 Å². The van der Waals surface area contributed by atoms with Gasteiger partial charge in [0.1, 0.15) is 10.8 Å². The molecule has 0 bridgehead atoms. The number of nitrogens with zero attached hydrogens (tertiary/aromatic N) is 2. The number of nitro benzene ring substituents is 1. The molecule has 0 unspecified atom stereocenters. The van der Waals surface area contributed by atoms with Crippen LogP contribution in [-0.4, -0.2) is 23.9 Å². The smallest absolute Gasteiger partial charge is 0.363 e. The van der Waals surface area contributed by atoms with Crippen LogP contribution in [0.15, 0.2) is 41.0 Å². The number of aliphatic imine (C=N–C) groups is 1. The fourth-order valence-corrected chi connectivity index (χ4v) is 3.15. The number of nitro groups is 1. The lowest BCUT2D eigenvalue weighted by Crippen LogP contribution is -2.06. The van der Waals surface area contributed by atoms with Crippen molar-refractivity contribution in [2.24, 2.45) is 4.99 Å². The first kappa shape index (κ1) is 20.5. The molecule has 8 heteroatoms. The van der Waals surface area contributed by atoms with E-state index < -0.39 is 10.9 Å². The Balaban J connectivity index is 2.03. The molecule has 150 valence electrons. The first-order valence-corrected chi connectivity index (χ1v) is 9.24. The summed E-state index contributed by atoms with van der Waals surface area (Å²) in [6.45, 7) is 6.02. The van der Waals surface area contributed by atoms with Gasteiger partial charge in [0.25, 0.3) is 5.69 Å². The molecule has 3 rings (SSSR count). The van der Waals surface area contributed by atoms with Gasteiger partial charge in [-0.25, -0.2) is 9.79 Å². The quantitative estimate of drug-likeness (QED) is 0.296. The predicted molar refractivity (Wildman–Crippen MR) is 111 cm³/mol. The maximum atomic E-state index is 12.3. The zero-order valence-electron chi connectivity index (χ0n) is 16.4. The molecule has 0 aliphatic carbocycles. The number of esters is 1. The van der Waals surface area contributed by atoms with Gasteiger partial charge >= 0.3 is 5.97 Å². The van der Waals surface area contributed by atoms with E-state index in [4.69, 9.17) is 21.1 Å². The number of carbonyl (C=O) groups excluding carboxylic acids is 1. The highest BCUT2D eigenvalue weighted by Crippen LogP contribution is 2.32. The number of halogens is 1. The van der Waals surface area contributed by atoms with E-state index in [9.17, 15) is 14.9 Å². The second-order valence-corrected chi connectivity index (χ2v) is 7.27. The molecule has 2 aromatic carbocycles. The molecule has 1 aliphatic heterocycles. The summed E-state index contributed by atoms with van der Waals surface area (Å²) in [5.74, 6) is 0.383. The number of hydrogen-bond donors (Lipinski definition) is 0. The van der Waals surface area contributed by atoms with Crippen LogP contribution in [0.3, 0.4) is 0 Å². The number of ether oxygens (including phenoxy) is 2. The van der Waals surface area contributed by atoms with E-state index in [1.807, 2.05) is 19.1 Å². The average Bonchev–Trinajstić information content (AvgIpc) is 3.03. The summed E-state index contributed by atoms with van der Waals surface area (Å²) in [7, 11) is 1.62. The van der Waals surface area contributed by atoms with Crippen LogP contribution in [0.5, 0.6) is 5.75 Å². The molecule has 0 spiro atoms. The number of benzene rings is 2. The van der Waals surface area contributed by atoms with Gasteiger partial charge in [0.2, 0.25) is 5.90 Å². The van der Waals surface area contributed by atoms with Crippen molar-refractivity contribution in [3.8, 4) is 5.75 Å². The summed E-state index contributed by atoms with van der Waals surface area (Å²) in [6.07, 6.45) is 1.64. The number of hydrogen-bond acceptors (Lipinski definition) is 6. The van der Waals surface area contributed by atoms with Crippen molar-refractivity contribution in [2.45, 2.75) is 26.7 Å². The Morgan fingerprint density at radius 1 is 1.28 bits per heavy atom. The summed E-state index contributed by atoms with van der Waals surface area (Å²) < 4.78 is 10.7. The van der Waals surface area contributed by atoms with Crippen molar-refractivity contribution in [3.63, 3.8) is 0 Å². The highest BCUT2D eigenvalue weighted by atomic mass is 35.5. The summed E-state index contributed by atoms with van der Waals surface area (Å²) >= 11 is 5.83. The van der Waals surface area contributed by atoms with Crippen molar-refractivity contribution in [1.82, 2.24) is 0 Å². The van der Waals surface area contributed by atoms with Gasteiger partial charge in [0.05, 0.1) is 12.0 Å². The molecule has 0 aromatic heterocycles. The van der Waals surface area contributed by atoms with Gasteiger partial charge in [-0.3, -0.25) is 10.1 Å². The lowest BCUT2D eigenvalue weighted by Gasteiger charge is -2.14. The third-order valence-electron chi connectivity index (χ3n) is 4.54. The first-order valence-electron chi connectivity index (χ1n) is 8.86. The van der Waals surface area contributed by atoms with E-state index in [1.165, 1.54) is 18.2 Å². The average molecular weight is 415 g/mol. The van der Waals surface area contributed by atoms with E-state index in [-0.39, 0.29) is 28.2 Å². The Bertz CT molecular complexity index is 1070. The molecule has 0 fully saturated rings. The van der Waals surface area contributed by atoms with Crippen molar-refractivity contribution in [3.05, 3.63) is 73.4 Å². The van der Waals surface area contributed by atoms with Gasteiger partial charge in [0.15, 0.2) is 5.70 Å². The Hall–Kier alpha value is -3.19. The van der Waals surface area contributed by atoms with Gasteiger partial charge in [0, 0.05) is 11.6 Å². The normalized spacial score (nSPS) is 14.9. The molecule has 0 radical (unpaired) electrons. The van der Waals surface area contributed by atoms with Crippen LogP contribution in [0, 0.1) is 17.0 Å². The first-order chi connectivity index (χ1) is 13.7. The molecular formula is C21H19ClN2O5. The van der Waals surface area contributed by atoms with Gasteiger partial charge < -0.3 is 9.47 Å². The lowest BCUT2D eigenvalue weighted by molar-refractivity contribution is -0.384. The predicted octanol–water partition coefficient (Wildman–Crippen LogP) is 5.03. The van der Waals surface area contributed by atoms with Crippen LogP contribution in [-0.2, 0) is 9.53 Å². The molecular weight excluding hydrogens is 396 g/mol. The molecule has 0 atom stereocenters. The molecule has 0 amide bonds. The van der Waals surface area contributed by atoms with E-state index in [0.717, 1.165) is 22.4 Å². The highest BCUT2D eigenvalue weighted by molar-refractivity contribution is 6.32. The standard InChI is InChI=1S/C21H19ClN2O5/c1-11(2)15-8-14(12(3)7-19(15)28-4)9-17-21(25)29-20(23-17)13-5-6-16(22)18(10-13)24(26)27/h5-11H,1-4H3.